The summed E-state index contributed by atoms with van der Waals surface area (Å²) in [7, 11) is 0. The largest absolute Gasteiger partial charge is 0.484 e. The highest BCUT2D eigenvalue weighted by molar-refractivity contribution is 7.12. The predicted octanol–water partition coefficient (Wildman–Crippen LogP) is 2.27. The van der Waals surface area contributed by atoms with Gasteiger partial charge in [0, 0.05) is 15.3 Å². The number of primary amides is 1. The van der Waals surface area contributed by atoms with E-state index in [4.69, 9.17) is 15.2 Å². The zero-order valence-corrected chi connectivity index (χ0v) is 14.1. The molecule has 126 valence electrons. The number of carbonyl (C=O) groups excluding carboxylic acids is 3. The fourth-order valence-corrected chi connectivity index (χ4v) is 2.98. The van der Waals surface area contributed by atoms with E-state index in [1.54, 1.807) is 6.07 Å². The van der Waals surface area contributed by atoms with Gasteiger partial charge >= 0.3 is 5.97 Å². The number of ketones is 1. The zero-order chi connectivity index (χ0) is 17.7. The molecular weight excluding hydrogens is 330 g/mol. The Hall–Kier alpha value is -2.67. The summed E-state index contributed by atoms with van der Waals surface area (Å²) < 4.78 is 10.1. The van der Waals surface area contributed by atoms with Crippen molar-refractivity contribution in [3.05, 3.63) is 51.2 Å². The molecule has 1 aromatic heterocycles. The fraction of sp³-hybridized carbons (Fsp3) is 0.235. The number of Topliss-reactive ketones (excluding diaryl/α,β-unsaturated/α-hetero) is 1. The summed E-state index contributed by atoms with van der Waals surface area (Å²) >= 11 is 1.53. The van der Waals surface area contributed by atoms with E-state index in [1.807, 2.05) is 13.8 Å². The molecule has 1 heterocycles. The van der Waals surface area contributed by atoms with E-state index < -0.39 is 11.9 Å². The molecule has 0 aliphatic heterocycles. The van der Waals surface area contributed by atoms with E-state index in [9.17, 15) is 14.4 Å². The van der Waals surface area contributed by atoms with E-state index in [1.165, 1.54) is 35.6 Å². The second-order valence-corrected chi connectivity index (χ2v) is 6.57. The summed E-state index contributed by atoms with van der Waals surface area (Å²) in [6, 6.07) is 7.81. The van der Waals surface area contributed by atoms with Gasteiger partial charge in [-0.15, -0.1) is 11.3 Å². The highest BCUT2D eigenvalue weighted by Crippen LogP contribution is 2.21. The van der Waals surface area contributed by atoms with Gasteiger partial charge in [-0.25, -0.2) is 4.79 Å². The Kier molecular flexibility index (Phi) is 5.70. The van der Waals surface area contributed by atoms with E-state index >= 15 is 0 Å². The summed E-state index contributed by atoms with van der Waals surface area (Å²) in [6.07, 6.45) is 0. The average molecular weight is 347 g/mol. The number of esters is 1. The molecule has 0 unspecified atom stereocenters. The Morgan fingerprint density at radius 2 is 1.75 bits per heavy atom. The lowest BCUT2D eigenvalue weighted by Crippen LogP contribution is -2.20. The standard InChI is InChI=1S/C17H17NO5S/c1-10-7-14(11(2)24-10)15(19)8-23-17(21)12-3-5-13(6-4-12)22-9-16(18)20/h3-7H,8-9H2,1-2H3,(H2,18,20). The van der Waals surface area contributed by atoms with Crippen molar-refractivity contribution >= 4 is 29.0 Å². The molecule has 1 amide bonds. The zero-order valence-electron chi connectivity index (χ0n) is 13.3. The monoisotopic (exact) mass is 347 g/mol. The molecule has 0 bridgehead atoms. The molecule has 2 rings (SSSR count). The van der Waals surface area contributed by atoms with Crippen LogP contribution in [0.3, 0.4) is 0 Å². The second-order valence-electron chi connectivity index (χ2n) is 5.11. The number of hydrogen-bond donors (Lipinski definition) is 1. The van der Waals surface area contributed by atoms with Crippen molar-refractivity contribution in [2.45, 2.75) is 13.8 Å². The molecule has 0 saturated heterocycles. The maximum Gasteiger partial charge on any atom is 0.338 e. The van der Waals surface area contributed by atoms with Crippen molar-refractivity contribution in [1.29, 1.82) is 0 Å². The first kappa shape index (κ1) is 17.7. The van der Waals surface area contributed by atoms with Crippen molar-refractivity contribution in [2.24, 2.45) is 5.73 Å². The summed E-state index contributed by atoms with van der Waals surface area (Å²) in [4.78, 5) is 36.6. The maximum atomic E-state index is 12.1. The lowest BCUT2D eigenvalue weighted by Gasteiger charge is -2.06. The van der Waals surface area contributed by atoms with Crippen LogP contribution in [-0.2, 0) is 9.53 Å². The summed E-state index contributed by atoms with van der Waals surface area (Å²) in [6.45, 7) is 3.23. The van der Waals surface area contributed by atoms with E-state index in [-0.39, 0.29) is 24.6 Å². The van der Waals surface area contributed by atoms with Crippen molar-refractivity contribution in [3.8, 4) is 5.75 Å². The van der Waals surface area contributed by atoms with Crippen LogP contribution in [0.25, 0.3) is 0 Å². The Morgan fingerprint density at radius 1 is 1.08 bits per heavy atom. The maximum absolute atomic E-state index is 12.1. The average Bonchev–Trinajstić information content (AvgIpc) is 2.89. The SMILES string of the molecule is Cc1cc(C(=O)COC(=O)c2ccc(OCC(N)=O)cc2)c(C)s1. The van der Waals surface area contributed by atoms with Crippen LogP contribution in [0.15, 0.2) is 30.3 Å². The summed E-state index contributed by atoms with van der Waals surface area (Å²) in [5, 5.41) is 0. The molecular formula is C17H17NO5S. The third kappa shape index (κ3) is 4.66. The van der Waals surface area contributed by atoms with Crippen molar-refractivity contribution in [3.63, 3.8) is 0 Å². The van der Waals surface area contributed by atoms with Gasteiger partial charge in [0.2, 0.25) is 5.78 Å². The van der Waals surface area contributed by atoms with Gasteiger partial charge in [0.05, 0.1) is 5.56 Å². The highest BCUT2D eigenvalue weighted by atomic mass is 32.1. The molecule has 7 heteroatoms. The van der Waals surface area contributed by atoms with Crippen LogP contribution in [0, 0.1) is 13.8 Å². The van der Waals surface area contributed by atoms with Gasteiger partial charge in [-0.1, -0.05) is 0 Å². The van der Waals surface area contributed by atoms with Crippen molar-refractivity contribution in [2.75, 3.05) is 13.2 Å². The predicted molar refractivity (Wildman–Crippen MR) is 89.5 cm³/mol. The number of aryl methyl sites for hydroxylation is 2. The van der Waals surface area contributed by atoms with Gasteiger partial charge < -0.3 is 15.2 Å². The molecule has 0 saturated carbocycles. The van der Waals surface area contributed by atoms with Gasteiger partial charge in [-0.3, -0.25) is 9.59 Å². The minimum Gasteiger partial charge on any atom is -0.484 e. The minimum absolute atomic E-state index is 0.230. The number of hydrogen-bond acceptors (Lipinski definition) is 6. The molecule has 0 spiro atoms. The van der Waals surface area contributed by atoms with Gasteiger partial charge in [0.25, 0.3) is 5.91 Å². The molecule has 0 atom stereocenters. The number of carbonyl (C=O) groups is 3. The number of benzene rings is 1. The van der Waals surface area contributed by atoms with Crippen LogP contribution in [0.4, 0.5) is 0 Å². The molecule has 2 N–H and O–H groups in total. The first-order valence-electron chi connectivity index (χ1n) is 7.15. The van der Waals surface area contributed by atoms with Crippen molar-refractivity contribution in [1.82, 2.24) is 0 Å². The highest BCUT2D eigenvalue weighted by Gasteiger charge is 2.15. The van der Waals surface area contributed by atoms with Gasteiger partial charge in [0.1, 0.15) is 5.75 Å². The van der Waals surface area contributed by atoms with Gasteiger partial charge in [-0.2, -0.15) is 0 Å². The van der Waals surface area contributed by atoms with Crippen LogP contribution in [0.5, 0.6) is 5.75 Å². The topological polar surface area (TPSA) is 95.7 Å². The molecule has 0 aliphatic rings. The number of ether oxygens (including phenoxy) is 2. The number of nitrogens with two attached hydrogens (primary N) is 1. The Labute approximate surface area is 143 Å². The van der Waals surface area contributed by atoms with Gasteiger partial charge in [-0.05, 0) is 44.2 Å². The molecule has 24 heavy (non-hydrogen) atoms. The molecule has 0 aliphatic carbocycles. The third-order valence-electron chi connectivity index (χ3n) is 3.15. The first-order chi connectivity index (χ1) is 11.4. The van der Waals surface area contributed by atoms with Crippen molar-refractivity contribution < 1.29 is 23.9 Å². The summed E-state index contributed by atoms with van der Waals surface area (Å²) in [5.41, 5.74) is 5.85. The lowest BCUT2D eigenvalue weighted by molar-refractivity contribution is -0.119. The number of rotatable bonds is 7. The third-order valence-corrected chi connectivity index (χ3v) is 4.11. The minimum atomic E-state index is -0.602. The van der Waals surface area contributed by atoms with Crippen LogP contribution >= 0.6 is 11.3 Å². The Bertz CT molecular complexity index is 764. The van der Waals surface area contributed by atoms with E-state index in [2.05, 4.69) is 0 Å². The quantitative estimate of drug-likeness (QED) is 0.612. The lowest BCUT2D eigenvalue weighted by atomic mass is 10.1. The first-order valence-corrected chi connectivity index (χ1v) is 7.97. The van der Waals surface area contributed by atoms with Crippen LogP contribution < -0.4 is 10.5 Å². The molecule has 0 fully saturated rings. The number of amides is 1. The van der Waals surface area contributed by atoms with E-state index in [0.29, 0.717) is 11.3 Å². The normalized spacial score (nSPS) is 10.2. The Morgan fingerprint density at radius 3 is 2.29 bits per heavy atom. The second kappa shape index (κ2) is 7.74. The van der Waals surface area contributed by atoms with Crippen LogP contribution in [0.2, 0.25) is 0 Å². The Balaban J connectivity index is 1.91. The fourth-order valence-electron chi connectivity index (χ4n) is 2.04. The van der Waals surface area contributed by atoms with Gasteiger partial charge in [0.15, 0.2) is 13.2 Å². The molecule has 2 aromatic rings. The van der Waals surface area contributed by atoms with E-state index in [0.717, 1.165) is 9.75 Å². The summed E-state index contributed by atoms with van der Waals surface area (Å²) in [5.74, 6) is -1.01. The molecule has 1 aromatic carbocycles. The number of thiophene rings is 1. The smallest absolute Gasteiger partial charge is 0.338 e. The van der Waals surface area contributed by atoms with Crippen LogP contribution in [-0.4, -0.2) is 30.9 Å². The molecule has 0 radical (unpaired) electrons. The van der Waals surface area contributed by atoms with Crippen LogP contribution in [0.1, 0.15) is 30.5 Å². The molecule has 6 nitrogen and oxygen atoms in total.